The van der Waals surface area contributed by atoms with Gasteiger partial charge in [0.05, 0.1) is 10.6 Å². The Labute approximate surface area is 111 Å². The van der Waals surface area contributed by atoms with Crippen LogP contribution in [0.5, 0.6) is 0 Å². The van der Waals surface area contributed by atoms with E-state index >= 15 is 0 Å². The molecule has 0 fully saturated rings. The molecule has 0 aromatic heterocycles. The molecule has 0 saturated heterocycles. The van der Waals surface area contributed by atoms with E-state index in [4.69, 9.17) is 4.74 Å². The van der Waals surface area contributed by atoms with Crippen molar-refractivity contribution in [1.82, 2.24) is 5.32 Å². The second-order valence-electron chi connectivity index (χ2n) is 4.03. The Kier molecular flexibility index (Phi) is 6.09. The van der Waals surface area contributed by atoms with Crippen LogP contribution in [0.4, 0.5) is 4.39 Å². The van der Waals surface area contributed by atoms with Crippen molar-refractivity contribution in [3.05, 3.63) is 34.1 Å². The van der Waals surface area contributed by atoms with E-state index < -0.39 is 0 Å². The highest BCUT2D eigenvalue weighted by Gasteiger charge is 2.18. The molecule has 0 radical (unpaired) electrons. The molecule has 1 N–H and O–H groups in total. The largest absolute Gasteiger partial charge is 0.380 e. The molecule has 0 amide bonds. The van der Waals surface area contributed by atoms with Crippen LogP contribution in [-0.2, 0) is 11.2 Å². The normalized spacial score (nSPS) is 14.6. The summed E-state index contributed by atoms with van der Waals surface area (Å²) in [7, 11) is 3.64. The van der Waals surface area contributed by atoms with Crippen molar-refractivity contribution in [1.29, 1.82) is 0 Å². The van der Waals surface area contributed by atoms with Gasteiger partial charge in [-0.05, 0) is 53.5 Å². The number of likely N-dealkylation sites (N-methyl/N-ethyl adjacent to an activating group) is 1. The average Bonchev–Trinajstić information content (AvgIpc) is 2.33. The van der Waals surface area contributed by atoms with Gasteiger partial charge in [-0.1, -0.05) is 13.0 Å². The molecule has 2 nitrogen and oxygen atoms in total. The first kappa shape index (κ1) is 14.6. The molecular formula is C13H19BrFNO. The number of benzene rings is 1. The van der Waals surface area contributed by atoms with Gasteiger partial charge in [0, 0.05) is 13.2 Å². The summed E-state index contributed by atoms with van der Waals surface area (Å²) in [6.07, 6.45) is 1.94. The summed E-state index contributed by atoms with van der Waals surface area (Å²) in [6, 6.07) is 5.36. The van der Waals surface area contributed by atoms with E-state index in [0.29, 0.717) is 4.47 Å². The Hall–Kier alpha value is -0.450. The fourth-order valence-electron chi connectivity index (χ4n) is 1.96. The fourth-order valence-corrected chi connectivity index (χ4v) is 2.38. The van der Waals surface area contributed by atoms with E-state index in [1.165, 1.54) is 6.07 Å². The molecular weight excluding hydrogens is 285 g/mol. The van der Waals surface area contributed by atoms with Crippen molar-refractivity contribution in [3.8, 4) is 0 Å². The highest BCUT2D eigenvalue weighted by Crippen LogP contribution is 2.19. The minimum absolute atomic E-state index is 0.170. The van der Waals surface area contributed by atoms with Crippen LogP contribution in [0.25, 0.3) is 0 Å². The molecule has 0 spiro atoms. The van der Waals surface area contributed by atoms with Gasteiger partial charge in [0.2, 0.25) is 0 Å². The first-order valence-corrected chi connectivity index (χ1v) is 6.55. The van der Waals surface area contributed by atoms with Crippen LogP contribution in [0, 0.1) is 5.82 Å². The molecule has 17 heavy (non-hydrogen) atoms. The predicted octanol–water partition coefficient (Wildman–Crippen LogP) is 3.14. The lowest BCUT2D eigenvalue weighted by atomic mass is 10.00. The van der Waals surface area contributed by atoms with Crippen molar-refractivity contribution < 1.29 is 9.13 Å². The number of hydrogen-bond acceptors (Lipinski definition) is 2. The van der Waals surface area contributed by atoms with Crippen molar-refractivity contribution in [2.45, 2.75) is 31.9 Å². The third kappa shape index (κ3) is 4.05. The van der Waals surface area contributed by atoms with Gasteiger partial charge >= 0.3 is 0 Å². The summed E-state index contributed by atoms with van der Waals surface area (Å²) < 4.78 is 19.1. The third-order valence-corrected chi connectivity index (χ3v) is 3.57. The van der Waals surface area contributed by atoms with Gasteiger partial charge in [0.15, 0.2) is 0 Å². The second-order valence-corrected chi connectivity index (χ2v) is 4.88. The van der Waals surface area contributed by atoms with Gasteiger partial charge in [-0.3, -0.25) is 0 Å². The Bertz CT molecular complexity index is 355. The molecule has 2 atom stereocenters. The molecule has 4 heteroatoms. The number of methoxy groups -OCH3 is 1. The van der Waals surface area contributed by atoms with Gasteiger partial charge in [0.1, 0.15) is 5.82 Å². The molecule has 1 aromatic rings. The predicted molar refractivity (Wildman–Crippen MR) is 71.7 cm³/mol. The Morgan fingerprint density at radius 3 is 2.65 bits per heavy atom. The first-order chi connectivity index (χ1) is 8.12. The molecule has 0 aliphatic heterocycles. The minimum Gasteiger partial charge on any atom is -0.380 e. The molecule has 96 valence electrons. The summed E-state index contributed by atoms with van der Waals surface area (Å²) in [4.78, 5) is 0. The minimum atomic E-state index is -0.228. The van der Waals surface area contributed by atoms with E-state index in [1.54, 1.807) is 7.11 Å². The lowest BCUT2D eigenvalue weighted by Crippen LogP contribution is -2.40. The van der Waals surface area contributed by atoms with E-state index in [2.05, 4.69) is 28.2 Å². The van der Waals surface area contributed by atoms with Crippen LogP contribution in [0.15, 0.2) is 22.7 Å². The quantitative estimate of drug-likeness (QED) is 0.872. The van der Waals surface area contributed by atoms with Crippen molar-refractivity contribution in [2.75, 3.05) is 14.2 Å². The maximum Gasteiger partial charge on any atom is 0.137 e. The summed E-state index contributed by atoms with van der Waals surface area (Å²) in [5, 5.41) is 3.25. The third-order valence-electron chi connectivity index (χ3n) is 2.96. The molecule has 0 aliphatic carbocycles. The van der Waals surface area contributed by atoms with Gasteiger partial charge in [-0.15, -0.1) is 0 Å². The van der Waals surface area contributed by atoms with Crippen LogP contribution in [0.3, 0.4) is 0 Å². The van der Waals surface area contributed by atoms with Crippen LogP contribution < -0.4 is 5.32 Å². The topological polar surface area (TPSA) is 21.3 Å². The summed E-state index contributed by atoms with van der Waals surface area (Å²) in [5.41, 5.74) is 1.09. The highest BCUT2D eigenvalue weighted by molar-refractivity contribution is 9.10. The summed E-state index contributed by atoms with van der Waals surface area (Å²) >= 11 is 3.20. The molecule has 0 aliphatic rings. The number of ether oxygens (including phenoxy) is 1. The zero-order chi connectivity index (χ0) is 12.8. The fraction of sp³-hybridized carbons (Fsp3) is 0.538. The number of halogens is 2. The zero-order valence-electron chi connectivity index (χ0n) is 10.5. The van der Waals surface area contributed by atoms with E-state index in [9.17, 15) is 4.39 Å². The number of hydrogen-bond donors (Lipinski definition) is 1. The van der Waals surface area contributed by atoms with E-state index in [-0.39, 0.29) is 18.0 Å². The van der Waals surface area contributed by atoms with Crippen LogP contribution in [0.1, 0.15) is 18.9 Å². The summed E-state index contributed by atoms with van der Waals surface area (Å²) in [5.74, 6) is -0.228. The SMILES string of the molecule is CCC(OC)C(Cc1ccc(F)c(Br)c1)NC. The zero-order valence-corrected chi connectivity index (χ0v) is 12.1. The van der Waals surface area contributed by atoms with Crippen LogP contribution in [0.2, 0.25) is 0 Å². The van der Waals surface area contributed by atoms with Gasteiger partial charge < -0.3 is 10.1 Å². The summed E-state index contributed by atoms with van der Waals surface area (Å²) in [6.45, 7) is 2.10. The van der Waals surface area contributed by atoms with Crippen molar-refractivity contribution in [2.24, 2.45) is 0 Å². The lowest BCUT2D eigenvalue weighted by molar-refractivity contribution is 0.0678. The Morgan fingerprint density at radius 2 is 2.18 bits per heavy atom. The average molecular weight is 304 g/mol. The van der Waals surface area contributed by atoms with Gasteiger partial charge in [-0.2, -0.15) is 0 Å². The Morgan fingerprint density at radius 1 is 1.47 bits per heavy atom. The maximum atomic E-state index is 13.1. The van der Waals surface area contributed by atoms with E-state index in [0.717, 1.165) is 18.4 Å². The molecule has 0 bridgehead atoms. The smallest absolute Gasteiger partial charge is 0.137 e. The molecule has 0 heterocycles. The lowest BCUT2D eigenvalue weighted by Gasteiger charge is -2.24. The molecule has 1 rings (SSSR count). The van der Waals surface area contributed by atoms with E-state index in [1.807, 2.05) is 19.2 Å². The Balaban J connectivity index is 2.76. The molecule has 1 aromatic carbocycles. The van der Waals surface area contributed by atoms with Crippen LogP contribution >= 0.6 is 15.9 Å². The van der Waals surface area contributed by atoms with Gasteiger partial charge in [-0.25, -0.2) is 4.39 Å². The van der Waals surface area contributed by atoms with Gasteiger partial charge in [0.25, 0.3) is 0 Å². The monoisotopic (exact) mass is 303 g/mol. The molecule has 0 saturated carbocycles. The van der Waals surface area contributed by atoms with Crippen molar-refractivity contribution >= 4 is 15.9 Å². The standard InChI is InChI=1S/C13H19BrFNO/c1-4-13(17-3)12(16-2)8-9-5-6-11(15)10(14)7-9/h5-7,12-13,16H,4,8H2,1-3H3. The number of rotatable bonds is 6. The first-order valence-electron chi connectivity index (χ1n) is 5.76. The molecule has 2 unspecified atom stereocenters. The second kappa shape index (κ2) is 7.09. The van der Waals surface area contributed by atoms with Crippen molar-refractivity contribution in [3.63, 3.8) is 0 Å². The van der Waals surface area contributed by atoms with Crippen LogP contribution in [-0.4, -0.2) is 26.3 Å². The highest BCUT2D eigenvalue weighted by atomic mass is 79.9. The number of nitrogens with one attached hydrogen (secondary N) is 1. The maximum absolute atomic E-state index is 13.1.